The highest BCUT2D eigenvalue weighted by Crippen LogP contribution is 2.39. The van der Waals surface area contributed by atoms with Gasteiger partial charge in [0.2, 0.25) is 0 Å². The molecule has 3 rings (SSSR count). The van der Waals surface area contributed by atoms with E-state index in [1.807, 2.05) is 24.3 Å². The molecule has 0 bridgehead atoms. The Morgan fingerprint density at radius 1 is 1.43 bits per heavy atom. The van der Waals surface area contributed by atoms with E-state index >= 15 is 0 Å². The van der Waals surface area contributed by atoms with Crippen molar-refractivity contribution >= 4 is 28.8 Å². The Balaban J connectivity index is 1.67. The summed E-state index contributed by atoms with van der Waals surface area (Å²) in [5, 5.41) is 10.4. The van der Waals surface area contributed by atoms with Crippen LogP contribution in [-0.2, 0) is 11.1 Å². The number of H-pyrrole nitrogens is 1. The molecule has 1 aliphatic rings. The molecule has 6 nitrogen and oxygen atoms in total. The topological polar surface area (TPSA) is 90.9 Å². The van der Waals surface area contributed by atoms with Gasteiger partial charge in [-0.05, 0) is 31.1 Å². The third-order valence-corrected chi connectivity index (χ3v) is 3.65. The van der Waals surface area contributed by atoms with E-state index in [0.717, 1.165) is 11.5 Å². The summed E-state index contributed by atoms with van der Waals surface area (Å²) >= 11 is -1.82. The molecule has 0 saturated heterocycles. The number of nitrogens with one attached hydrogen (secondary N) is 2. The van der Waals surface area contributed by atoms with Crippen molar-refractivity contribution in [2.24, 2.45) is 0 Å². The summed E-state index contributed by atoms with van der Waals surface area (Å²) < 4.78 is 19.3. The van der Waals surface area contributed by atoms with Crippen LogP contribution < -0.4 is 5.32 Å². The molecule has 21 heavy (non-hydrogen) atoms. The van der Waals surface area contributed by atoms with Crippen LogP contribution in [-0.4, -0.2) is 29.7 Å². The third-order valence-electron chi connectivity index (χ3n) is 3.17. The van der Waals surface area contributed by atoms with E-state index in [0.29, 0.717) is 11.7 Å². The maximum atomic E-state index is 10.6. The van der Waals surface area contributed by atoms with Gasteiger partial charge in [0.25, 0.3) is 0 Å². The van der Waals surface area contributed by atoms with Gasteiger partial charge >= 0.3 is 0 Å². The molecule has 2 aromatic rings. The lowest BCUT2D eigenvalue weighted by atomic mass is 10.3. The molecule has 0 radical (unpaired) electrons. The van der Waals surface area contributed by atoms with Crippen LogP contribution in [0.4, 0.5) is 11.6 Å². The van der Waals surface area contributed by atoms with Crippen molar-refractivity contribution in [3.05, 3.63) is 41.7 Å². The van der Waals surface area contributed by atoms with Gasteiger partial charge in [-0.25, -0.2) is 9.19 Å². The molecule has 110 valence electrons. The van der Waals surface area contributed by atoms with E-state index in [1.165, 1.54) is 18.5 Å². The van der Waals surface area contributed by atoms with E-state index in [9.17, 15) is 4.21 Å². The van der Waals surface area contributed by atoms with E-state index in [4.69, 9.17) is 4.55 Å². The first kappa shape index (κ1) is 14.0. The number of pyridine rings is 1. The SMILES string of the molecule is O=S(O)CC=Cc1cccc(Nc2cc(C3CC3)[nH]n2)n1. The van der Waals surface area contributed by atoms with Gasteiger partial charge in [-0.3, -0.25) is 5.10 Å². The number of aromatic nitrogens is 3. The van der Waals surface area contributed by atoms with Crippen LogP contribution in [0.1, 0.15) is 30.1 Å². The largest absolute Gasteiger partial charge is 0.323 e. The molecule has 0 aromatic carbocycles. The first-order chi connectivity index (χ1) is 10.2. The first-order valence-electron chi connectivity index (χ1n) is 6.74. The van der Waals surface area contributed by atoms with Gasteiger partial charge in [0.05, 0.1) is 11.4 Å². The fraction of sp³-hybridized carbons (Fsp3) is 0.286. The van der Waals surface area contributed by atoms with Gasteiger partial charge in [0.15, 0.2) is 16.9 Å². The zero-order valence-electron chi connectivity index (χ0n) is 11.3. The predicted octanol–water partition coefficient (Wildman–Crippen LogP) is 2.66. The Kier molecular flexibility index (Phi) is 4.12. The van der Waals surface area contributed by atoms with E-state index in [-0.39, 0.29) is 5.75 Å². The molecule has 1 saturated carbocycles. The molecule has 1 aliphatic carbocycles. The fourth-order valence-corrected chi connectivity index (χ4v) is 2.26. The maximum Gasteiger partial charge on any atom is 0.156 e. The summed E-state index contributed by atoms with van der Waals surface area (Å²) in [6.07, 6.45) is 5.81. The standard InChI is InChI=1S/C14H16N4O2S/c19-21(20)8-2-4-11-3-1-5-13(15-11)16-14-9-12(17-18-14)10-6-7-10/h1-5,9-10H,6-8H2,(H,19,20)(H2,15,16,17,18). The van der Waals surface area contributed by atoms with Gasteiger partial charge in [0, 0.05) is 17.7 Å². The van der Waals surface area contributed by atoms with Gasteiger partial charge in [0.1, 0.15) is 5.82 Å². The average molecular weight is 304 g/mol. The highest BCUT2D eigenvalue weighted by Gasteiger charge is 2.25. The normalized spacial score (nSPS) is 16.2. The molecule has 2 aromatic heterocycles. The highest BCUT2D eigenvalue weighted by molar-refractivity contribution is 7.79. The van der Waals surface area contributed by atoms with Gasteiger partial charge in [-0.15, -0.1) is 0 Å². The number of aromatic amines is 1. The van der Waals surface area contributed by atoms with Crippen LogP contribution in [0.25, 0.3) is 6.08 Å². The molecular weight excluding hydrogens is 288 g/mol. The van der Waals surface area contributed by atoms with E-state index < -0.39 is 11.1 Å². The van der Waals surface area contributed by atoms with Crippen molar-refractivity contribution in [3.8, 4) is 0 Å². The minimum atomic E-state index is -1.82. The lowest BCUT2D eigenvalue weighted by molar-refractivity contribution is 0.567. The number of anilines is 2. The summed E-state index contributed by atoms with van der Waals surface area (Å²) in [6, 6.07) is 7.57. The summed E-state index contributed by atoms with van der Waals surface area (Å²) in [5.41, 5.74) is 1.89. The second kappa shape index (κ2) is 6.19. The first-order valence-corrected chi connectivity index (χ1v) is 8.01. The Morgan fingerprint density at radius 3 is 3.05 bits per heavy atom. The van der Waals surface area contributed by atoms with Crippen LogP contribution >= 0.6 is 0 Å². The minimum absolute atomic E-state index is 0.101. The van der Waals surface area contributed by atoms with E-state index in [2.05, 4.69) is 20.5 Å². The lowest BCUT2D eigenvalue weighted by Gasteiger charge is -2.02. The molecule has 1 atom stereocenters. The van der Waals surface area contributed by atoms with Gasteiger partial charge in [-0.2, -0.15) is 5.10 Å². The second-order valence-corrected chi connectivity index (χ2v) is 5.92. The molecule has 7 heteroatoms. The third kappa shape index (κ3) is 3.99. The van der Waals surface area contributed by atoms with Crippen molar-refractivity contribution in [2.45, 2.75) is 18.8 Å². The van der Waals surface area contributed by atoms with Crippen molar-refractivity contribution in [1.82, 2.24) is 15.2 Å². The van der Waals surface area contributed by atoms with Gasteiger partial charge in [-0.1, -0.05) is 12.1 Å². The predicted molar refractivity (Wildman–Crippen MR) is 82.8 cm³/mol. The zero-order chi connectivity index (χ0) is 14.7. The summed E-state index contributed by atoms with van der Waals surface area (Å²) in [4.78, 5) is 4.40. The van der Waals surface area contributed by atoms with E-state index in [1.54, 1.807) is 12.2 Å². The quantitative estimate of drug-likeness (QED) is 0.714. The van der Waals surface area contributed by atoms with Crippen LogP contribution in [0.3, 0.4) is 0 Å². The van der Waals surface area contributed by atoms with Crippen molar-refractivity contribution in [1.29, 1.82) is 0 Å². The Bertz CT molecular complexity index is 679. The Labute approximate surface area is 125 Å². The van der Waals surface area contributed by atoms with Crippen LogP contribution in [0.5, 0.6) is 0 Å². The molecule has 0 spiro atoms. The zero-order valence-corrected chi connectivity index (χ0v) is 12.1. The molecule has 1 fully saturated rings. The van der Waals surface area contributed by atoms with Crippen LogP contribution in [0.2, 0.25) is 0 Å². The number of rotatable bonds is 6. The second-order valence-electron chi connectivity index (χ2n) is 4.95. The monoisotopic (exact) mass is 304 g/mol. The number of hydrogen-bond donors (Lipinski definition) is 3. The highest BCUT2D eigenvalue weighted by atomic mass is 32.2. The van der Waals surface area contributed by atoms with Crippen molar-refractivity contribution in [2.75, 3.05) is 11.1 Å². The summed E-state index contributed by atoms with van der Waals surface area (Å²) in [7, 11) is 0. The van der Waals surface area contributed by atoms with Crippen molar-refractivity contribution < 1.29 is 8.76 Å². The number of nitrogens with zero attached hydrogens (tertiary/aromatic N) is 2. The average Bonchev–Trinajstić information content (AvgIpc) is 3.20. The maximum absolute atomic E-state index is 10.6. The molecule has 1 unspecified atom stereocenters. The summed E-state index contributed by atoms with van der Waals surface area (Å²) in [6.45, 7) is 0. The fourth-order valence-electron chi connectivity index (χ4n) is 2.00. The molecular formula is C14H16N4O2S. The minimum Gasteiger partial charge on any atom is -0.323 e. The lowest BCUT2D eigenvalue weighted by Crippen LogP contribution is -1.95. The van der Waals surface area contributed by atoms with Gasteiger partial charge < -0.3 is 9.87 Å². The number of hydrogen-bond acceptors (Lipinski definition) is 4. The Morgan fingerprint density at radius 2 is 2.29 bits per heavy atom. The summed E-state index contributed by atoms with van der Waals surface area (Å²) in [5.74, 6) is 2.18. The Hall–Kier alpha value is -1.99. The molecule has 2 heterocycles. The molecule has 3 N–H and O–H groups in total. The smallest absolute Gasteiger partial charge is 0.156 e. The van der Waals surface area contributed by atoms with Crippen molar-refractivity contribution in [3.63, 3.8) is 0 Å². The van der Waals surface area contributed by atoms with Crippen LogP contribution in [0, 0.1) is 0 Å². The van der Waals surface area contributed by atoms with Crippen LogP contribution in [0.15, 0.2) is 30.3 Å². The molecule has 0 aliphatic heterocycles. The molecule has 0 amide bonds.